The van der Waals surface area contributed by atoms with Crippen molar-refractivity contribution in [2.75, 3.05) is 0 Å². The molecule has 0 aliphatic heterocycles. The molecule has 2 aromatic rings. The number of aryl methyl sites for hydroxylation is 2. The van der Waals surface area contributed by atoms with E-state index in [-0.39, 0.29) is 11.9 Å². The molecule has 1 atom stereocenters. The Morgan fingerprint density at radius 3 is 2.40 bits per heavy atom. The lowest BCUT2D eigenvalue weighted by Crippen LogP contribution is -2.07. The van der Waals surface area contributed by atoms with Crippen molar-refractivity contribution in [1.29, 1.82) is 0 Å². The van der Waals surface area contributed by atoms with Crippen LogP contribution in [0.5, 0.6) is 11.5 Å². The van der Waals surface area contributed by atoms with Crippen molar-refractivity contribution in [3.63, 3.8) is 0 Å². The molecule has 0 heterocycles. The van der Waals surface area contributed by atoms with Crippen LogP contribution in [0, 0.1) is 26.6 Å². The normalized spacial score (nSPS) is 12.3. The number of hydrogen-bond acceptors (Lipinski definition) is 2. The minimum absolute atomic E-state index is 0.285. The molecule has 0 bridgehead atoms. The Kier molecular flexibility index (Phi) is 4.09. The molecule has 3 heteroatoms. The number of benzene rings is 2. The van der Waals surface area contributed by atoms with Crippen LogP contribution < -0.4 is 10.5 Å². The highest BCUT2D eigenvalue weighted by atomic mass is 19.1. The third-order valence-electron chi connectivity index (χ3n) is 3.45. The molecule has 0 spiro atoms. The van der Waals surface area contributed by atoms with Crippen molar-refractivity contribution in [2.24, 2.45) is 5.73 Å². The number of rotatable bonds is 3. The van der Waals surface area contributed by atoms with Crippen LogP contribution in [0.2, 0.25) is 0 Å². The molecule has 0 radical (unpaired) electrons. The maximum absolute atomic E-state index is 13.3. The van der Waals surface area contributed by atoms with Crippen LogP contribution in [-0.2, 0) is 0 Å². The topological polar surface area (TPSA) is 35.2 Å². The SMILES string of the molecule is Cc1cc(C)c(C)c(Oc2ccc(F)cc2[C@@H](C)N)c1. The Balaban J connectivity index is 2.45. The van der Waals surface area contributed by atoms with Crippen molar-refractivity contribution in [3.8, 4) is 11.5 Å². The molecule has 2 aromatic carbocycles. The summed E-state index contributed by atoms with van der Waals surface area (Å²) < 4.78 is 19.3. The van der Waals surface area contributed by atoms with Gasteiger partial charge in [0.15, 0.2) is 0 Å². The second kappa shape index (κ2) is 5.63. The maximum Gasteiger partial charge on any atom is 0.132 e. The van der Waals surface area contributed by atoms with Gasteiger partial charge in [0.1, 0.15) is 17.3 Å². The van der Waals surface area contributed by atoms with Gasteiger partial charge in [-0.15, -0.1) is 0 Å². The van der Waals surface area contributed by atoms with Gasteiger partial charge in [-0.1, -0.05) is 6.07 Å². The highest BCUT2D eigenvalue weighted by molar-refractivity contribution is 5.46. The quantitative estimate of drug-likeness (QED) is 0.889. The van der Waals surface area contributed by atoms with Crippen molar-refractivity contribution < 1.29 is 9.13 Å². The molecule has 0 aliphatic carbocycles. The lowest BCUT2D eigenvalue weighted by molar-refractivity contribution is 0.465. The first-order chi connectivity index (χ1) is 9.38. The predicted octanol–water partition coefficient (Wildman–Crippen LogP) is 4.56. The molecule has 2 rings (SSSR count). The van der Waals surface area contributed by atoms with E-state index in [0.717, 1.165) is 16.9 Å². The molecule has 106 valence electrons. The van der Waals surface area contributed by atoms with E-state index >= 15 is 0 Å². The van der Waals surface area contributed by atoms with Crippen LogP contribution in [0.1, 0.15) is 35.2 Å². The van der Waals surface area contributed by atoms with E-state index in [1.165, 1.54) is 17.7 Å². The van der Waals surface area contributed by atoms with Gasteiger partial charge in [-0.25, -0.2) is 4.39 Å². The second-order valence-electron chi connectivity index (χ2n) is 5.28. The van der Waals surface area contributed by atoms with E-state index < -0.39 is 0 Å². The summed E-state index contributed by atoms with van der Waals surface area (Å²) in [5, 5.41) is 0. The highest BCUT2D eigenvalue weighted by Gasteiger charge is 2.12. The zero-order chi connectivity index (χ0) is 14.9. The van der Waals surface area contributed by atoms with Gasteiger partial charge >= 0.3 is 0 Å². The average Bonchev–Trinajstić information content (AvgIpc) is 2.37. The summed E-state index contributed by atoms with van der Waals surface area (Å²) in [6.07, 6.45) is 0. The molecule has 2 nitrogen and oxygen atoms in total. The highest BCUT2D eigenvalue weighted by Crippen LogP contribution is 2.32. The fraction of sp³-hybridized carbons (Fsp3) is 0.294. The van der Waals surface area contributed by atoms with Gasteiger partial charge in [-0.3, -0.25) is 0 Å². The number of nitrogens with two attached hydrogens (primary N) is 1. The number of hydrogen-bond donors (Lipinski definition) is 1. The molecule has 0 saturated heterocycles. The van der Waals surface area contributed by atoms with Gasteiger partial charge in [0.25, 0.3) is 0 Å². The van der Waals surface area contributed by atoms with E-state index in [2.05, 4.69) is 6.07 Å². The van der Waals surface area contributed by atoms with Crippen molar-refractivity contribution in [2.45, 2.75) is 33.7 Å². The van der Waals surface area contributed by atoms with E-state index in [9.17, 15) is 4.39 Å². The lowest BCUT2D eigenvalue weighted by atomic mass is 10.1. The minimum atomic E-state index is -0.304. The average molecular weight is 273 g/mol. The Morgan fingerprint density at radius 1 is 1.05 bits per heavy atom. The summed E-state index contributed by atoms with van der Waals surface area (Å²) in [5.41, 5.74) is 9.94. The van der Waals surface area contributed by atoms with Crippen LogP contribution in [0.15, 0.2) is 30.3 Å². The first kappa shape index (κ1) is 14.5. The van der Waals surface area contributed by atoms with Crippen molar-refractivity contribution in [1.82, 2.24) is 0 Å². The molecular weight excluding hydrogens is 253 g/mol. The lowest BCUT2D eigenvalue weighted by Gasteiger charge is -2.16. The zero-order valence-corrected chi connectivity index (χ0v) is 12.3. The summed E-state index contributed by atoms with van der Waals surface area (Å²) >= 11 is 0. The summed E-state index contributed by atoms with van der Waals surface area (Å²) in [7, 11) is 0. The fourth-order valence-electron chi connectivity index (χ4n) is 2.19. The predicted molar refractivity (Wildman–Crippen MR) is 79.7 cm³/mol. The Labute approximate surface area is 119 Å². The molecule has 0 aliphatic rings. The summed E-state index contributed by atoms with van der Waals surface area (Å²) in [6.45, 7) is 7.90. The maximum atomic E-state index is 13.3. The van der Waals surface area contributed by atoms with Crippen LogP contribution in [0.4, 0.5) is 4.39 Å². The molecule has 0 unspecified atom stereocenters. The first-order valence-corrected chi connectivity index (χ1v) is 6.69. The third-order valence-corrected chi connectivity index (χ3v) is 3.45. The van der Waals surface area contributed by atoms with E-state index in [1.807, 2.05) is 33.8 Å². The monoisotopic (exact) mass is 273 g/mol. The van der Waals surface area contributed by atoms with Crippen LogP contribution in [-0.4, -0.2) is 0 Å². The van der Waals surface area contributed by atoms with Crippen LogP contribution >= 0.6 is 0 Å². The molecule has 20 heavy (non-hydrogen) atoms. The second-order valence-corrected chi connectivity index (χ2v) is 5.28. The van der Waals surface area contributed by atoms with E-state index in [4.69, 9.17) is 10.5 Å². The molecule has 2 N–H and O–H groups in total. The van der Waals surface area contributed by atoms with Gasteiger partial charge in [-0.05, 0) is 68.7 Å². The van der Waals surface area contributed by atoms with Crippen molar-refractivity contribution >= 4 is 0 Å². The molecule has 0 fully saturated rings. The Morgan fingerprint density at radius 2 is 1.75 bits per heavy atom. The molecule has 0 aromatic heterocycles. The Bertz CT molecular complexity index is 635. The minimum Gasteiger partial charge on any atom is -0.457 e. The molecular formula is C17H20FNO. The van der Waals surface area contributed by atoms with Gasteiger partial charge in [0.2, 0.25) is 0 Å². The molecule has 0 amide bonds. The molecule has 0 saturated carbocycles. The van der Waals surface area contributed by atoms with E-state index in [1.54, 1.807) is 6.07 Å². The summed E-state index contributed by atoms with van der Waals surface area (Å²) in [5.74, 6) is 1.09. The Hall–Kier alpha value is -1.87. The first-order valence-electron chi connectivity index (χ1n) is 6.69. The van der Waals surface area contributed by atoms with Crippen molar-refractivity contribution in [3.05, 3.63) is 58.4 Å². The van der Waals surface area contributed by atoms with Crippen LogP contribution in [0.3, 0.4) is 0 Å². The number of ether oxygens (including phenoxy) is 1. The van der Waals surface area contributed by atoms with Gasteiger partial charge in [-0.2, -0.15) is 0 Å². The zero-order valence-electron chi connectivity index (χ0n) is 12.3. The summed E-state index contributed by atoms with van der Waals surface area (Å²) in [4.78, 5) is 0. The third kappa shape index (κ3) is 2.99. The van der Waals surface area contributed by atoms with E-state index in [0.29, 0.717) is 11.3 Å². The smallest absolute Gasteiger partial charge is 0.132 e. The van der Waals surface area contributed by atoms with Gasteiger partial charge in [0, 0.05) is 11.6 Å². The summed E-state index contributed by atoms with van der Waals surface area (Å²) in [6, 6.07) is 8.25. The van der Waals surface area contributed by atoms with Gasteiger partial charge < -0.3 is 10.5 Å². The van der Waals surface area contributed by atoms with Gasteiger partial charge in [0.05, 0.1) is 0 Å². The fourth-order valence-corrected chi connectivity index (χ4v) is 2.19. The van der Waals surface area contributed by atoms with Crippen LogP contribution in [0.25, 0.3) is 0 Å². The standard InChI is InChI=1S/C17H20FNO/c1-10-7-11(2)12(3)17(8-10)20-16-6-5-14(18)9-15(16)13(4)19/h5-9,13H,19H2,1-4H3/t13-/m1/s1. The largest absolute Gasteiger partial charge is 0.457 e. The number of halogens is 1.